The predicted molar refractivity (Wildman–Crippen MR) is 180 cm³/mol. The van der Waals surface area contributed by atoms with E-state index in [0.717, 1.165) is 77.8 Å². The van der Waals surface area contributed by atoms with Crippen LogP contribution in [0.2, 0.25) is 0 Å². The molecule has 2 aliphatic heterocycles. The summed E-state index contributed by atoms with van der Waals surface area (Å²) >= 11 is 1.30. The second-order valence-corrected chi connectivity index (χ2v) is 12.9. The van der Waals surface area contributed by atoms with Gasteiger partial charge in [-0.25, -0.2) is 4.68 Å². The van der Waals surface area contributed by atoms with Crippen LogP contribution in [0.3, 0.4) is 0 Å². The van der Waals surface area contributed by atoms with Crippen molar-refractivity contribution in [3.05, 3.63) is 47.5 Å². The third kappa shape index (κ3) is 5.17. The molecule has 0 radical (unpaired) electrons. The van der Waals surface area contributed by atoms with E-state index >= 15 is 0 Å². The molecular weight excluding hydrogens is 551 g/mol. The first-order chi connectivity index (χ1) is 21.2. The Morgan fingerprint density at radius 2 is 1.26 bits per heavy atom. The molecule has 0 amide bonds. The molecule has 7 nitrogen and oxygen atoms in total. The van der Waals surface area contributed by atoms with Crippen molar-refractivity contribution < 1.29 is 0 Å². The third-order valence-electron chi connectivity index (χ3n) is 9.49. The minimum Gasteiger partial charge on any atom is -0.371 e. The highest BCUT2D eigenvalue weighted by Gasteiger charge is 2.26. The standard InChI is InChI=1S/C35H43N7S/c1-4-6-8-18-41-20-10-12-24-22-26(14-16-28(24)41)30-32-33(38-43-37-32)31(35-34(30)36-39-40(35)3)27-15-17-29-25(23-27)13-11-21-42(29)19-9-7-5-2/h14-17,22-23H,4-13,18-21H2,1-3H3. The first-order valence-electron chi connectivity index (χ1n) is 16.4. The molecule has 0 saturated carbocycles. The molecule has 0 spiro atoms. The lowest BCUT2D eigenvalue weighted by Gasteiger charge is -2.32. The summed E-state index contributed by atoms with van der Waals surface area (Å²) in [7, 11) is 2.00. The number of hydrogen-bond acceptors (Lipinski definition) is 7. The van der Waals surface area contributed by atoms with Gasteiger partial charge >= 0.3 is 0 Å². The summed E-state index contributed by atoms with van der Waals surface area (Å²) in [5.74, 6) is 0. The van der Waals surface area contributed by atoms with Gasteiger partial charge in [0.25, 0.3) is 0 Å². The molecular formula is C35H43N7S. The highest BCUT2D eigenvalue weighted by Crippen LogP contribution is 2.44. The van der Waals surface area contributed by atoms with E-state index < -0.39 is 0 Å². The molecule has 0 fully saturated rings. The molecule has 0 atom stereocenters. The average Bonchev–Trinajstić information content (AvgIpc) is 3.67. The Morgan fingerprint density at radius 1 is 0.698 bits per heavy atom. The summed E-state index contributed by atoms with van der Waals surface area (Å²) in [6, 6.07) is 14.0. The number of aryl methyl sites for hydroxylation is 3. The van der Waals surface area contributed by atoms with E-state index in [2.05, 4.69) is 65.3 Å². The molecule has 0 N–H and O–H groups in total. The van der Waals surface area contributed by atoms with Crippen molar-refractivity contribution in [2.24, 2.45) is 7.05 Å². The van der Waals surface area contributed by atoms with Crippen LogP contribution in [0.5, 0.6) is 0 Å². The van der Waals surface area contributed by atoms with Crippen LogP contribution in [0, 0.1) is 0 Å². The lowest BCUT2D eigenvalue weighted by Crippen LogP contribution is -2.30. The van der Waals surface area contributed by atoms with Crippen LogP contribution in [0.1, 0.15) is 76.3 Å². The second kappa shape index (κ2) is 12.2. The van der Waals surface area contributed by atoms with Crippen LogP contribution in [0.4, 0.5) is 11.4 Å². The molecule has 224 valence electrons. The van der Waals surface area contributed by atoms with Crippen molar-refractivity contribution in [2.45, 2.75) is 78.1 Å². The van der Waals surface area contributed by atoms with Crippen LogP contribution in [-0.4, -0.2) is 49.9 Å². The zero-order valence-electron chi connectivity index (χ0n) is 25.9. The molecule has 8 heteroatoms. The van der Waals surface area contributed by atoms with Crippen LogP contribution in [0.15, 0.2) is 36.4 Å². The molecule has 3 aromatic carbocycles. The van der Waals surface area contributed by atoms with Gasteiger partial charge in [0.1, 0.15) is 16.6 Å². The largest absolute Gasteiger partial charge is 0.371 e. The number of fused-ring (bicyclic) bond motifs is 4. The monoisotopic (exact) mass is 593 g/mol. The Kier molecular flexibility index (Phi) is 8.04. The van der Waals surface area contributed by atoms with Gasteiger partial charge in [-0.2, -0.15) is 8.75 Å². The lowest BCUT2D eigenvalue weighted by molar-refractivity contribution is 0.638. The maximum absolute atomic E-state index is 4.91. The van der Waals surface area contributed by atoms with Gasteiger partial charge in [0, 0.05) is 55.7 Å². The fourth-order valence-electron chi connectivity index (χ4n) is 7.32. The molecule has 0 saturated heterocycles. The fraction of sp³-hybridized carbons (Fsp3) is 0.486. The second-order valence-electron chi connectivity index (χ2n) is 12.4. The SMILES string of the molecule is CCCCCN1CCCc2cc(-c3c4nsnc4c(-c4ccc5c(c4)CCCN5CCCCC)c4c3nnn4C)ccc21. The molecule has 0 aliphatic carbocycles. The Bertz CT molecular complexity index is 1750. The van der Waals surface area contributed by atoms with Gasteiger partial charge in [-0.15, -0.1) is 5.10 Å². The van der Waals surface area contributed by atoms with E-state index in [0.29, 0.717) is 0 Å². The van der Waals surface area contributed by atoms with Gasteiger partial charge in [0.05, 0.1) is 17.2 Å². The fourth-order valence-corrected chi connectivity index (χ4v) is 7.88. The van der Waals surface area contributed by atoms with E-state index in [1.165, 1.54) is 91.2 Å². The summed E-state index contributed by atoms with van der Waals surface area (Å²) in [4.78, 5) is 5.17. The average molecular weight is 594 g/mol. The Balaban J connectivity index is 1.32. The quantitative estimate of drug-likeness (QED) is 0.152. The summed E-state index contributed by atoms with van der Waals surface area (Å²) in [6.45, 7) is 9.13. The minimum absolute atomic E-state index is 0.909. The highest BCUT2D eigenvalue weighted by molar-refractivity contribution is 7.00. The molecule has 7 rings (SSSR count). The normalized spacial score (nSPS) is 15.0. The number of hydrogen-bond donors (Lipinski definition) is 0. The summed E-state index contributed by atoms with van der Waals surface area (Å²) in [5, 5.41) is 9.31. The summed E-state index contributed by atoms with van der Waals surface area (Å²) in [5.41, 5.74) is 14.0. The van der Waals surface area contributed by atoms with Gasteiger partial charge in [-0.05, 0) is 85.0 Å². The minimum atomic E-state index is 0.909. The molecule has 5 aromatic rings. The molecule has 4 heterocycles. The number of aromatic nitrogens is 5. The zero-order chi connectivity index (χ0) is 29.3. The van der Waals surface area contributed by atoms with Gasteiger partial charge in [-0.3, -0.25) is 0 Å². The Hall–Kier alpha value is -3.52. The molecule has 2 aliphatic rings. The van der Waals surface area contributed by atoms with E-state index in [9.17, 15) is 0 Å². The van der Waals surface area contributed by atoms with Gasteiger partial charge in [0.2, 0.25) is 0 Å². The number of anilines is 2. The number of rotatable bonds is 10. The van der Waals surface area contributed by atoms with Gasteiger partial charge in [0.15, 0.2) is 0 Å². The zero-order valence-corrected chi connectivity index (χ0v) is 26.7. The topological polar surface area (TPSA) is 63.0 Å². The van der Waals surface area contributed by atoms with E-state index in [1.807, 2.05) is 11.7 Å². The van der Waals surface area contributed by atoms with E-state index in [-0.39, 0.29) is 0 Å². The molecule has 0 bridgehead atoms. The van der Waals surface area contributed by atoms with E-state index in [1.54, 1.807) is 0 Å². The molecule has 2 aromatic heterocycles. The summed E-state index contributed by atoms with van der Waals surface area (Å²) in [6.07, 6.45) is 12.2. The van der Waals surface area contributed by atoms with E-state index in [4.69, 9.17) is 13.8 Å². The maximum Gasteiger partial charge on any atom is 0.124 e. The smallest absolute Gasteiger partial charge is 0.124 e. The third-order valence-corrected chi connectivity index (χ3v) is 10.0. The first-order valence-corrected chi connectivity index (χ1v) is 17.1. The summed E-state index contributed by atoms with van der Waals surface area (Å²) < 4.78 is 11.7. The molecule has 0 unspecified atom stereocenters. The van der Waals surface area contributed by atoms with Crippen LogP contribution >= 0.6 is 11.7 Å². The van der Waals surface area contributed by atoms with Crippen molar-refractivity contribution >= 4 is 45.2 Å². The Labute approximate surface area is 259 Å². The number of benzene rings is 3. The van der Waals surface area contributed by atoms with Crippen LogP contribution in [-0.2, 0) is 19.9 Å². The van der Waals surface area contributed by atoms with Crippen molar-refractivity contribution in [1.82, 2.24) is 23.7 Å². The van der Waals surface area contributed by atoms with Crippen molar-refractivity contribution in [2.75, 3.05) is 36.0 Å². The maximum atomic E-state index is 4.91. The molecule has 43 heavy (non-hydrogen) atoms. The lowest BCUT2D eigenvalue weighted by atomic mass is 9.91. The van der Waals surface area contributed by atoms with Gasteiger partial charge in [-0.1, -0.05) is 56.9 Å². The number of nitrogens with zero attached hydrogens (tertiary/aromatic N) is 7. The van der Waals surface area contributed by atoms with Crippen LogP contribution < -0.4 is 9.80 Å². The number of unbranched alkanes of at least 4 members (excludes halogenated alkanes) is 4. The highest BCUT2D eigenvalue weighted by atomic mass is 32.1. The van der Waals surface area contributed by atoms with Gasteiger partial charge < -0.3 is 9.80 Å². The Morgan fingerprint density at radius 3 is 1.84 bits per heavy atom. The van der Waals surface area contributed by atoms with Crippen molar-refractivity contribution in [3.8, 4) is 22.3 Å². The predicted octanol–water partition coefficient (Wildman–Crippen LogP) is 8.19. The van der Waals surface area contributed by atoms with Crippen molar-refractivity contribution in [3.63, 3.8) is 0 Å². The van der Waals surface area contributed by atoms with Crippen LogP contribution in [0.25, 0.3) is 44.3 Å². The first kappa shape index (κ1) is 28.3. The van der Waals surface area contributed by atoms with Crippen molar-refractivity contribution in [1.29, 1.82) is 0 Å².